The van der Waals surface area contributed by atoms with Crippen molar-refractivity contribution in [1.29, 1.82) is 0 Å². The van der Waals surface area contributed by atoms with Crippen LogP contribution in [0.25, 0.3) is 0 Å². The highest BCUT2D eigenvalue weighted by Crippen LogP contribution is 2.33. The van der Waals surface area contributed by atoms with E-state index in [0.29, 0.717) is 31.8 Å². The summed E-state index contributed by atoms with van der Waals surface area (Å²) in [4.78, 5) is 27.2. The van der Waals surface area contributed by atoms with Gasteiger partial charge < -0.3 is 25.6 Å². The Morgan fingerprint density at radius 1 is 1.04 bits per heavy atom. The summed E-state index contributed by atoms with van der Waals surface area (Å²) in [7, 11) is 0. The van der Waals surface area contributed by atoms with Crippen LogP contribution in [0.3, 0.4) is 0 Å². The molecule has 4 heterocycles. The van der Waals surface area contributed by atoms with Gasteiger partial charge in [-0.15, -0.1) is 12.4 Å². The van der Waals surface area contributed by atoms with Gasteiger partial charge in [0.25, 0.3) is 0 Å². The molecule has 0 aliphatic carbocycles. The number of amides is 2. The van der Waals surface area contributed by atoms with Crippen molar-refractivity contribution in [2.45, 2.75) is 56.8 Å². The van der Waals surface area contributed by atoms with Gasteiger partial charge in [0.1, 0.15) is 35.4 Å². The number of benzene rings is 1. The van der Waals surface area contributed by atoms with Crippen molar-refractivity contribution >= 4 is 24.1 Å². The number of hydrogen-bond donors (Lipinski definition) is 3. The van der Waals surface area contributed by atoms with Crippen LogP contribution in [0, 0.1) is 18.6 Å². The van der Waals surface area contributed by atoms with E-state index >= 15 is 0 Å². The number of rotatable bonds is 8. The van der Waals surface area contributed by atoms with Crippen LogP contribution in [-0.4, -0.2) is 64.7 Å². The standard InChI is InChI=1S/C30H34F5N7O2.ClH/c1-18-37-16-21(24(39-20-8-12-36-13-9-20)17-44-26-7-3-6-25(40-26)30(33,34)35)27(38-18)19-10-14-42(15-11-19)29(43)41-28-22(31)4-2-5-23(28)32;/h2-7,16,19-20,24,36,39H,8-15,17H2,1H3,(H,41,43);1H. The second-order valence-corrected chi connectivity index (χ2v) is 11.0. The van der Waals surface area contributed by atoms with Gasteiger partial charge in [-0.3, -0.25) is 0 Å². The Balaban J connectivity index is 0.00000461. The molecule has 2 amide bonds. The van der Waals surface area contributed by atoms with Crippen molar-refractivity contribution in [2.75, 3.05) is 38.1 Å². The summed E-state index contributed by atoms with van der Waals surface area (Å²) in [5, 5.41) is 9.27. The van der Waals surface area contributed by atoms with Crippen molar-refractivity contribution in [3.05, 3.63) is 77.0 Å². The first-order valence-corrected chi connectivity index (χ1v) is 14.6. The SMILES string of the molecule is Cc1ncc(C(COc2cccc(C(F)(F)F)n2)NC2CCNCC2)c(C2CCN(C(=O)Nc3c(F)cccc3F)CC2)n1.Cl. The highest BCUT2D eigenvalue weighted by atomic mass is 35.5. The van der Waals surface area contributed by atoms with E-state index in [9.17, 15) is 26.7 Å². The smallest absolute Gasteiger partial charge is 0.433 e. The molecule has 3 aromatic rings. The fourth-order valence-corrected chi connectivity index (χ4v) is 5.57. The molecule has 9 nitrogen and oxygen atoms in total. The molecule has 0 radical (unpaired) electrons. The van der Waals surface area contributed by atoms with Crippen molar-refractivity contribution < 1.29 is 31.5 Å². The van der Waals surface area contributed by atoms with E-state index in [1.54, 1.807) is 13.1 Å². The van der Waals surface area contributed by atoms with E-state index in [-0.39, 0.29) is 36.9 Å². The van der Waals surface area contributed by atoms with Crippen LogP contribution in [0.5, 0.6) is 5.88 Å². The molecule has 45 heavy (non-hydrogen) atoms. The lowest BCUT2D eigenvalue weighted by atomic mass is 9.88. The summed E-state index contributed by atoms with van der Waals surface area (Å²) in [5.74, 6) is -1.37. The number of hydrogen-bond acceptors (Lipinski definition) is 7. The van der Waals surface area contributed by atoms with Gasteiger partial charge in [-0.2, -0.15) is 13.2 Å². The van der Waals surface area contributed by atoms with Crippen molar-refractivity contribution in [3.63, 3.8) is 0 Å². The molecule has 0 spiro atoms. The molecule has 15 heteroatoms. The summed E-state index contributed by atoms with van der Waals surface area (Å²) >= 11 is 0. The minimum Gasteiger partial charge on any atom is -0.476 e. The number of likely N-dealkylation sites (tertiary alicyclic amines) is 1. The summed E-state index contributed by atoms with van der Waals surface area (Å²) in [6.45, 7) is 4.08. The third-order valence-corrected chi connectivity index (χ3v) is 7.90. The molecule has 3 N–H and O–H groups in total. The topological polar surface area (TPSA) is 104 Å². The number of urea groups is 1. The lowest BCUT2D eigenvalue weighted by Gasteiger charge is -2.34. The number of aryl methyl sites for hydroxylation is 1. The molecule has 0 bridgehead atoms. The van der Waals surface area contributed by atoms with Crippen molar-refractivity contribution in [3.8, 4) is 5.88 Å². The lowest BCUT2D eigenvalue weighted by Crippen LogP contribution is -2.44. The monoisotopic (exact) mass is 655 g/mol. The summed E-state index contributed by atoms with van der Waals surface area (Å²) < 4.78 is 73.7. The third kappa shape index (κ3) is 8.76. The van der Waals surface area contributed by atoms with Crippen molar-refractivity contribution in [1.82, 2.24) is 30.5 Å². The van der Waals surface area contributed by atoms with E-state index in [0.717, 1.165) is 55.4 Å². The number of anilines is 1. The lowest BCUT2D eigenvalue weighted by molar-refractivity contribution is -0.141. The van der Waals surface area contributed by atoms with Crippen LogP contribution in [0.1, 0.15) is 60.4 Å². The minimum absolute atomic E-state index is 0. The summed E-state index contributed by atoms with van der Waals surface area (Å²) in [6.07, 6.45) is -0.0922. The number of nitrogens with zero attached hydrogens (tertiary/aromatic N) is 4. The van der Waals surface area contributed by atoms with Crippen LogP contribution < -0.4 is 20.7 Å². The van der Waals surface area contributed by atoms with Gasteiger partial charge in [0, 0.05) is 42.9 Å². The molecule has 244 valence electrons. The Hall–Kier alpha value is -3.62. The number of alkyl halides is 3. The fraction of sp³-hybridized carbons (Fsp3) is 0.467. The molecule has 2 aromatic heterocycles. The number of piperidine rings is 2. The number of carbonyl (C=O) groups is 1. The fourth-order valence-electron chi connectivity index (χ4n) is 5.57. The predicted molar refractivity (Wildman–Crippen MR) is 159 cm³/mol. The van der Waals surface area contributed by atoms with E-state index in [4.69, 9.17) is 9.72 Å². The molecular weight excluding hydrogens is 621 g/mol. The molecule has 5 rings (SSSR count). The van der Waals surface area contributed by atoms with Crippen LogP contribution in [0.4, 0.5) is 32.4 Å². The predicted octanol–water partition coefficient (Wildman–Crippen LogP) is 5.77. The number of para-hydroxylation sites is 1. The maximum absolute atomic E-state index is 14.1. The maximum atomic E-state index is 14.1. The molecular formula is C30H35ClF5N7O2. The van der Waals surface area contributed by atoms with Crippen LogP contribution >= 0.6 is 12.4 Å². The molecule has 1 aromatic carbocycles. The highest BCUT2D eigenvalue weighted by molar-refractivity contribution is 5.89. The molecule has 2 saturated heterocycles. The number of carbonyl (C=O) groups excluding carboxylic acids is 1. The first kappa shape index (κ1) is 34.3. The average Bonchev–Trinajstić information content (AvgIpc) is 3.01. The van der Waals surface area contributed by atoms with E-state index in [1.807, 2.05) is 0 Å². The second-order valence-electron chi connectivity index (χ2n) is 11.0. The summed E-state index contributed by atoms with van der Waals surface area (Å²) in [5.41, 5.74) is 0.00312. The van der Waals surface area contributed by atoms with E-state index in [2.05, 4.69) is 25.9 Å². The number of pyridine rings is 1. The van der Waals surface area contributed by atoms with Gasteiger partial charge >= 0.3 is 12.2 Å². The van der Waals surface area contributed by atoms with Gasteiger partial charge in [-0.05, 0) is 63.9 Å². The van der Waals surface area contributed by atoms with Crippen molar-refractivity contribution in [2.24, 2.45) is 0 Å². The first-order valence-electron chi connectivity index (χ1n) is 14.6. The Labute approximate surface area is 263 Å². The Bertz CT molecular complexity index is 1430. The number of ether oxygens (including phenoxy) is 1. The molecule has 2 fully saturated rings. The zero-order chi connectivity index (χ0) is 31.3. The van der Waals surface area contributed by atoms with Gasteiger partial charge in [0.15, 0.2) is 0 Å². The molecule has 2 aliphatic rings. The summed E-state index contributed by atoms with van der Waals surface area (Å²) in [6, 6.07) is 6.00. The van der Waals surface area contributed by atoms with Gasteiger partial charge in [0.05, 0.1) is 11.7 Å². The Morgan fingerprint density at radius 3 is 2.38 bits per heavy atom. The van der Waals surface area contributed by atoms with Gasteiger partial charge in [0.2, 0.25) is 5.88 Å². The van der Waals surface area contributed by atoms with E-state index < -0.39 is 41.3 Å². The maximum Gasteiger partial charge on any atom is 0.433 e. The zero-order valence-corrected chi connectivity index (χ0v) is 25.4. The molecule has 1 atom stereocenters. The van der Waals surface area contributed by atoms with Crippen LogP contribution in [0.2, 0.25) is 0 Å². The Kier molecular flexibility index (Phi) is 11.5. The normalized spacial score (nSPS) is 17.0. The molecule has 0 saturated carbocycles. The zero-order valence-electron chi connectivity index (χ0n) is 24.5. The third-order valence-electron chi connectivity index (χ3n) is 7.90. The van der Waals surface area contributed by atoms with Gasteiger partial charge in [-0.25, -0.2) is 28.5 Å². The molecule has 1 unspecified atom stereocenters. The first-order chi connectivity index (χ1) is 21.1. The average molecular weight is 656 g/mol. The van der Waals surface area contributed by atoms with Crippen LogP contribution in [-0.2, 0) is 6.18 Å². The Morgan fingerprint density at radius 2 is 1.71 bits per heavy atom. The minimum atomic E-state index is -4.60. The number of halogens is 6. The number of aromatic nitrogens is 3. The van der Waals surface area contributed by atoms with Gasteiger partial charge in [-0.1, -0.05) is 12.1 Å². The van der Waals surface area contributed by atoms with E-state index in [1.165, 1.54) is 23.1 Å². The second kappa shape index (κ2) is 15.1. The largest absolute Gasteiger partial charge is 0.476 e. The van der Waals surface area contributed by atoms with Crippen LogP contribution in [0.15, 0.2) is 42.6 Å². The highest BCUT2D eigenvalue weighted by Gasteiger charge is 2.33. The number of nitrogens with one attached hydrogen (secondary N) is 3. The molecule has 2 aliphatic heterocycles. The quantitative estimate of drug-likeness (QED) is 0.265.